The molecule has 31 heavy (non-hydrogen) atoms. The number of hydrogen-bond acceptors (Lipinski definition) is 2. The molecule has 1 aliphatic heterocycles. The van der Waals surface area contributed by atoms with Gasteiger partial charge >= 0.3 is 0 Å². The Bertz CT molecular complexity index is 1320. The van der Waals surface area contributed by atoms with Crippen molar-refractivity contribution >= 4 is 34.3 Å². The van der Waals surface area contributed by atoms with Gasteiger partial charge in [0.2, 0.25) is 0 Å². The molecule has 1 aliphatic rings. The highest BCUT2D eigenvalue weighted by atomic mass is 19.2. The summed E-state index contributed by atoms with van der Waals surface area (Å²) >= 11 is 0. The highest BCUT2D eigenvalue weighted by Crippen LogP contribution is 2.33. The summed E-state index contributed by atoms with van der Waals surface area (Å²) in [4.78, 5) is 13.1. The topological polar surface area (TPSA) is 37.6 Å². The highest BCUT2D eigenvalue weighted by Gasteiger charge is 2.32. The van der Waals surface area contributed by atoms with Crippen LogP contribution in [0.5, 0.6) is 0 Å². The van der Waals surface area contributed by atoms with Crippen LogP contribution in [-0.2, 0) is 11.3 Å². The molecule has 0 aliphatic carbocycles. The molecule has 0 saturated carbocycles. The van der Waals surface area contributed by atoms with Crippen LogP contribution in [0.2, 0.25) is 0 Å². The first-order chi connectivity index (χ1) is 14.7. The van der Waals surface area contributed by atoms with Gasteiger partial charge in [-0.1, -0.05) is 24.3 Å². The molecule has 0 atom stereocenters. The summed E-state index contributed by atoms with van der Waals surface area (Å²) in [5.74, 6) is -4.27. The number of rotatable bonds is 4. The van der Waals surface area contributed by atoms with Crippen molar-refractivity contribution < 1.29 is 18.0 Å². The summed E-state index contributed by atoms with van der Waals surface area (Å²) in [7, 11) is 0. The van der Waals surface area contributed by atoms with Crippen molar-refractivity contribution in [2.45, 2.75) is 27.3 Å². The van der Waals surface area contributed by atoms with Gasteiger partial charge in [0, 0.05) is 35.3 Å². The Morgan fingerprint density at radius 3 is 2.48 bits per heavy atom. The first-order valence-corrected chi connectivity index (χ1v) is 9.70. The van der Waals surface area contributed by atoms with Gasteiger partial charge in [-0.3, -0.25) is 4.79 Å². The molecule has 0 saturated heterocycles. The number of amides is 1. The third-order valence-electron chi connectivity index (χ3n) is 5.47. The molecule has 2 heterocycles. The van der Waals surface area contributed by atoms with E-state index in [0.29, 0.717) is 24.4 Å². The Labute approximate surface area is 177 Å². The normalized spacial score (nSPS) is 15.3. The number of aromatic nitrogens is 1. The first kappa shape index (κ1) is 20.7. The fourth-order valence-electron chi connectivity index (χ4n) is 3.95. The number of nitrogens with zero attached hydrogens (tertiary/aromatic N) is 3. The maximum atomic E-state index is 14.2. The van der Waals surface area contributed by atoms with Gasteiger partial charge in [-0.2, -0.15) is 10.1 Å². The van der Waals surface area contributed by atoms with Crippen LogP contribution in [0.15, 0.2) is 53.7 Å². The third-order valence-corrected chi connectivity index (χ3v) is 5.47. The molecular weight excluding hydrogens is 403 g/mol. The van der Waals surface area contributed by atoms with Crippen molar-refractivity contribution in [3.8, 4) is 0 Å². The van der Waals surface area contributed by atoms with Gasteiger partial charge in [0.25, 0.3) is 5.91 Å². The molecule has 158 valence electrons. The monoisotopic (exact) mass is 423 g/mol. The molecule has 0 N–H and O–H groups in total. The fourth-order valence-corrected chi connectivity index (χ4v) is 3.95. The van der Waals surface area contributed by atoms with E-state index in [1.54, 1.807) is 19.1 Å². The van der Waals surface area contributed by atoms with E-state index in [2.05, 4.69) is 16.2 Å². The molecule has 0 bridgehead atoms. The van der Waals surface area contributed by atoms with E-state index in [0.717, 1.165) is 32.7 Å². The zero-order valence-corrected chi connectivity index (χ0v) is 17.3. The minimum atomic E-state index is -1.33. The van der Waals surface area contributed by atoms with Crippen LogP contribution in [0.1, 0.15) is 23.7 Å². The molecule has 4 rings (SSSR count). The maximum absolute atomic E-state index is 14.2. The van der Waals surface area contributed by atoms with Crippen LogP contribution in [0.25, 0.3) is 17.0 Å². The van der Waals surface area contributed by atoms with Crippen molar-refractivity contribution in [1.29, 1.82) is 0 Å². The van der Waals surface area contributed by atoms with E-state index in [1.807, 2.05) is 32.0 Å². The van der Waals surface area contributed by atoms with E-state index < -0.39 is 29.0 Å². The quantitative estimate of drug-likeness (QED) is 0.303. The van der Waals surface area contributed by atoms with Gasteiger partial charge in [-0.25, -0.2) is 13.2 Å². The second-order valence-corrected chi connectivity index (χ2v) is 7.45. The zero-order chi connectivity index (χ0) is 22.4. The maximum Gasteiger partial charge on any atom is 0.280 e. The lowest BCUT2D eigenvalue weighted by molar-refractivity contribution is -0.114. The summed E-state index contributed by atoms with van der Waals surface area (Å²) in [6.07, 6.45) is 3.52. The average Bonchev–Trinajstić information content (AvgIpc) is 3.15. The number of carbonyl (C=O) groups excluding carboxylic acids is 1. The summed E-state index contributed by atoms with van der Waals surface area (Å²) in [6.45, 7) is 10.0. The average molecular weight is 423 g/mol. The van der Waals surface area contributed by atoms with E-state index in [4.69, 9.17) is 0 Å². The van der Waals surface area contributed by atoms with Gasteiger partial charge in [-0.15, -0.1) is 6.58 Å². The van der Waals surface area contributed by atoms with Gasteiger partial charge < -0.3 is 4.57 Å². The van der Waals surface area contributed by atoms with Crippen molar-refractivity contribution in [2.24, 2.45) is 5.10 Å². The smallest absolute Gasteiger partial charge is 0.280 e. The number of para-hydroxylation sites is 1. The molecule has 0 spiro atoms. The molecule has 2 aromatic carbocycles. The number of anilines is 1. The van der Waals surface area contributed by atoms with Crippen LogP contribution >= 0.6 is 0 Å². The van der Waals surface area contributed by atoms with Crippen molar-refractivity contribution in [3.63, 3.8) is 0 Å². The third kappa shape index (κ3) is 3.26. The lowest BCUT2D eigenvalue weighted by Crippen LogP contribution is -2.22. The van der Waals surface area contributed by atoms with Gasteiger partial charge in [0.1, 0.15) is 5.69 Å². The van der Waals surface area contributed by atoms with Gasteiger partial charge in [0.15, 0.2) is 17.5 Å². The van der Waals surface area contributed by atoms with Crippen LogP contribution < -0.4 is 5.01 Å². The predicted octanol–water partition coefficient (Wildman–Crippen LogP) is 5.67. The fraction of sp³-hybridized carbons (Fsp3) is 0.167. The van der Waals surface area contributed by atoms with E-state index in [1.165, 1.54) is 0 Å². The number of aryl methyl sites for hydroxylation is 1. The van der Waals surface area contributed by atoms with Crippen molar-refractivity contribution in [3.05, 3.63) is 82.8 Å². The van der Waals surface area contributed by atoms with Crippen molar-refractivity contribution in [1.82, 2.24) is 4.57 Å². The predicted molar refractivity (Wildman–Crippen MR) is 116 cm³/mol. The van der Waals surface area contributed by atoms with Gasteiger partial charge in [0.05, 0.1) is 16.8 Å². The van der Waals surface area contributed by atoms with Crippen molar-refractivity contribution in [2.75, 3.05) is 5.01 Å². The molecule has 7 heteroatoms. The Balaban J connectivity index is 1.85. The Hall–Kier alpha value is -3.61. The minimum Gasteiger partial charge on any atom is -0.340 e. The Morgan fingerprint density at radius 2 is 1.77 bits per heavy atom. The van der Waals surface area contributed by atoms with Crippen LogP contribution in [0, 0.1) is 31.3 Å². The van der Waals surface area contributed by atoms with E-state index >= 15 is 0 Å². The largest absolute Gasteiger partial charge is 0.340 e. The van der Waals surface area contributed by atoms with Crippen LogP contribution in [-0.4, -0.2) is 16.2 Å². The van der Waals surface area contributed by atoms with Crippen LogP contribution in [0.4, 0.5) is 18.9 Å². The summed E-state index contributed by atoms with van der Waals surface area (Å²) < 4.78 is 43.3. The molecule has 4 nitrogen and oxygen atoms in total. The number of allylic oxidation sites excluding steroid dienone is 1. The Morgan fingerprint density at radius 1 is 1.06 bits per heavy atom. The Kier molecular flexibility index (Phi) is 5.05. The molecule has 1 amide bonds. The van der Waals surface area contributed by atoms with Gasteiger partial charge in [-0.05, 0) is 32.4 Å². The number of hydrazone groups is 1. The summed E-state index contributed by atoms with van der Waals surface area (Å²) in [6, 6.07) is 6.96. The molecular formula is C24H20F3N3O. The van der Waals surface area contributed by atoms with E-state index in [9.17, 15) is 18.0 Å². The molecule has 0 unspecified atom stereocenters. The number of halogens is 3. The second kappa shape index (κ2) is 7.58. The second-order valence-electron chi connectivity index (χ2n) is 7.45. The molecule has 1 aromatic heterocycles. The number of hydrogen-bond donors (Lipinski definition) is 0. The number of benzene rings is 2. The summed E-state index contributed by atoms with van der Waals surface area (Å²) in [5.41, 5.74) is 4.07. The lowest BCUT2D eigenvalue weighted by Gasteiger charge is -2.13. The standard InChI is InChI=1S/C24H20F3N3O/c1-5-9-29-15(4)18(16-8-6-7-13(2)23(16)29)10-17-14(3)28-30(24(17)31)22-12-20(26)19(25)11-21(22)27/h5-8,10-12H,1,9H2,2-4H3/b17-10+. The number of fused-ring (bicyclic) bond motifs is 1. The lowest BCUT2D eigenvalue weighted by atomic mass is 10.0. The van der Waals surface area contributed by atoms with E-state index in [-0.39, 0.29) is 5.57 Å². The minimum absolute atomic E-state index is 0.256. The highest BCUT2D eigenvalue weighted by molar-refractivity contribution is 6.32. The summed E-state index contributed by atoms with van der Waals surface area (Å²) in [5, 5.41) is 5.83. The molecule has 0 radical (unpaired) electrons. The number of carbonyl (C=O) groups is 1. The first-order valence-electron chi connectivity index (χ1n) is 9.70. The zero-order valence-electron chi connectivity index (χ0n) is 17.3. The molecule has 0 fully saturated rings. The SMILES string of the molecule is C=CCn1c(C)c(/C=C2/C(=O)N(c3cc(F)c(F)cc3F)N=C2C)c2cccc(C)c21. The molecule has 3 aromatic rings. The van der Waals surface area contributed by atoms with Crippen LogP contribution in [0.3, 0.4) is 0 Å².